The van der Waals surface area contributed by atoms with E-state index in [1.807, 2.05) is 13.0 Å². The third kappa shape index (κ3) is 4.05. The SMILES string of the molecule is CC[S+](CC)CCOc1ccc(C)cc1F. The summed E-state index contributed by atoms with van der Waals surface area (Å²) in [6, 6.07) is 5.09. The maximum absolute atomic E-state index is 13.4. The quantitative estimate of drug-likeness (QED) is 0.697. The second-order valence-corrected chi connectivity index (χ2v) is 6.46. The average molecular weight is 243 g/mol. The summed E-state index contributed by atoms with van der Waals surface area (Å²) < 4.78 is 18.9. The second kappa shape index (κ2) is 6.79. The molecule has 0 spiro atoms. The van der Waals surface area contributed by atoms with Gasteiger partial charge in [-0.1, -0.05) is 6.07 Å². The normalized spacial score (nSPS) is 10.8. The van der Waals surface area contributed by atoms with Crippen molar-refractivity contribution in [3.8, 4) is 5.75 Å². The van der Waals surface area contributed by atoms with Crippen molar-refractivity contribution in [2.45, 2.75) is 20.8 Å². The summed E-state index contributed by atoms with van der Waals surface area (Å²) in [7, 11) is 0.429. The molecule has 0 heterocycles. The Bertz CT molecular complexity index is 324. The fourth-order valence-electron chi connectivity index (χ4n) is 1.49. The monoisotopic (exact) mass is 243 g/mol. The molecule has 0 saturated carbocycles. The van der Waals surface area contributed by atoms with E-state index in [2.05, 4.69) is 13.8 Å². The van der Waals surface area contributed by atoms with Crippen LogP contribution in [0.3, 0.4) is 0 Å². The summed E-state index contributed by atoms with van der Waals surface area (Å²) in [5.74, 6) is 3.53. The Kier molecular flexibility index (Phi) is 5.67. The zero-order valence-electron chi connectivity index (χ0n) is 10.3. The van der Waals surface area contributed by atoms with Crippen LogP contribution in [0.4, 0.5) is 4.39 Å². The largest absolute Gasteiger partial charge is 0.486 e. The lowest BCUT2D eigenvalue weighted by atomic mass is 10.2. The van der Waals surface area contributed by atoms with Gasteiger partial charge < -0.3 is 4.74 Å². The van der Waals surface area contributed by atoms with Gasteiger partial charge in [-0.25, -0.2) is 4.39 Å². The number of aryl methyl sites for hydroxylation is 1. The van der Waals surface area contributed by atoms with Crippen LogP contribution in [0, 0.1) is 12.7 Å². The lowest BCUT2D eigenvalue weighted by Gasteiger charge is -2.08. The van der Waals surface area contributed by atoms with Gasteiger partial charge in [0.1, 0.15) is 23.9 Å². The van der Waals surface area contributed by atoms with Crippen LogP contribution in [-0.4, -0.2) is 23.9 Å². The molecule has 90 valence electrons. The molecule has 1 aromatic rings. The Hall–Kier alpha value is -0.700. The molecule has 0 aromatic heterocycles. The minimum absolute atomic E-state index is 0.257. The molecule has 0 aliphatic rings. The summed E-state index contributed by atoms with van der Waals surface area (Å²) in [6.07, 6.45) is 0. The van der Waals surface area contributed by atoms with Crippen LogP contribution in [0.1, 0.15) is 19.4 Å². The van der Waals surface area contributed by atoms with Crippen LogP contribution in [0.5, 0.6) is 5.75 Å². The molecule has 16 heavy (non-hydrogen) atoms. The third-order valence-corrected chi connectivity index (χ3v) is 4.91. The van der Waals surface area contributed by atoms with Crippen molar-refractivity contribution in [3.63, 3.8) is 0 Å². The molecule has 1 rings (SSSR count). The summed E-state index contributed by atoms with van der Waals surface area (Å²) >= 11 is 0. The number of ether oxygens (including phenoxy) is 1. The van der Waals surface area contributed by atoms with Crippen molar-refractivity contribution in [1.29, 1.82) is 0 Å². The first kappa shape index (κ1) is 13.4. The van der Waals surface area contributed by atoms with Gasteiger partial charge >= 0.3 is 0 Å². The highest BCUT2D eigenvalue weighted by Gasteiger charge is 2.12. The first-order valence-corrected chi connectivity index (χ1v) is 7.43. The number of hydrogen-bond acceptors (Lipinski definition) is 1. The molecule has 0 aliphatic heterocycles. The Morgan fingerprint density at radius 1 is 1.25 bits per heavy atom. The van der Waals surface area contributed by atoms with E-state index in [0.717, 1.165) is 11.3 Å². The molecular formula is C13H20FOS+. The number of benzene rings is 1. The van der Waals surface area contributed by atoms with E-state index < -0.39 is 0 Å². The smallest absolute Gasteiger partial charge is 0.165 e. The summed E-state index contributed by atoms with van der Waals surface area (Å²) in [5, 5.41) is 0. The van der Waals surface area contributed by atoms with Crippen molar-refractivity contribution in [1.82, 2.24) is 0 Å². The Balaban J connectivity index is 2.42. The maximum Gasteiger partial charge on any atom is 0.165 e. The Morgan fingerprint density at radius 3 is 2.50 bits per heavy atom. The van der Waals surface area contributed by atoms with Crippen LogP contribution in [-0.2, 0) is 10.9 Å². The zero-order valence-corrected chi connectivity index (χ0v) is 11.1. The fraction of sp³-hybridized carbons (Fsp3) is 0.538. The van der Waals surface area contributed by atoms with Crippen molar-refractivity contribution in [3.05, 3.63) is 29.6 Å². The van der Waals surface area contributed by atoms with Crippen LogP contribution >= 0.6 is 0 Å². The van der Waals surface area contributed by atoms with Crippen LogP contribution in [0.15, 0.2) is 18.2 Å². The minimum Gasteiger partial charge on any atom is -0.486 e. The molecule has 0 bridgehead atoms. The van der Waals surface area contributed by atoms with Gasteiger partial charge in [-0.3, -0.25) is 0 Å². The van der Waals surface area contributed by atoms with Crippen LogP contribution in [0.25, 0.3) is 0 Å². The summed E-state index contributed by atoms with van der Waals surface area (Å²) in [4.78, 5) is 0. The maximum atomic E-state index is 13.4. The minimum atomic E-state index is -0.257. The predicted octanol–water partition coefficient (Wildman–Crippen LogP) is 3.17. The van der Waals surface area contributed by atoms with E-state index in [4.69, 9.17) is 4.74 Å². The number of halogens is 1. The van der Waals surface area contributed by atoms with Crippen molar-refractivity contribution in [2.75, 3.05) is 23.9 Å². The standard InChI is InChI=1S/C13H20FOS/c1-4-16(5-2)9-8-15-13-7-6-11(3)10-12(13)14/h6-7,10H,4-5,8-9H2,1-3H3/q+1. The first-order valence-electron chi connectivity index (χ1n) is 5.70. The van der Waals surface area contributed by atoms with E-state index in [9.17, 15) is 4.39 Å². The Morgan fingerprint density at radius 2 is 1.94 bits per heavy atom. The number of rotatable bonds is 6. The Labute approximate surface area is 100 Å². The third-order valence-electron chi connectivity index (χ3n) is 2.53. The molecule has 1 nitrogen and oxygen atoms in total. The van der Waals surface area contributed by atoms with Gasteiger partial charge in [-0.15, -0.1) is 0 Å². The molecule has 0 atom stereocenters. The van der Waals surface area contributed by atoms with Gasteiger partial charge in [0.05, 0.1) is 0 Å². The van der Waals surface area contributed by atoms with Gasteiger partial charge in [0.25, 0.3) is 0 Å². The molecule has 3 heteroatoms. The topological polar surface area (TPSA) is 9.23 Å². The molecular weight excluding hydrogens is 223 g/mol. The van der Waals surface area contributed by atoms with Crippen LogP contribution < -0.4 is 4.74 Å². The highest BCUT2D eigenvalue weighted by atomic mass is 32.2. The summed E-state index contributed by atoms with van der Waals surface area (Å²) in [5.41, 5.74) is 0.923. The molecule has 0 amide bonds. The molecule has 0 aliphatic carbocycles. The predicted molar refractivity (Wildman–Crippen MR) is 69.9 cm³/mol. The fourth-order valence-corrected chi connectivity index (χ4v) is 2.79. The van der Waals surface area contributed by atoms with Gasteiger partial charge in [-0.2, -0.15) is 0 Å². The van der Waals surface area contributed by atoms with Gasteiger partial charge in [-0.05, 0) is 49.4 Å². The van der Waals surface area contributed by atoms with E-state index >= 15 is 0 Å². The average Bonchev–Trinajstić information content (AvgIpc) is 2.27. The molecule has 1 aromatic carbocycles. The lowest BCUT2D eigenvalue weighted by Crippen LogP contribution is -2.18. The molecule has 0 unspecified atom stereocenters. The van der Waals surface area contributed by atoms with Crippen molar-refractivity contribution < 1.29 is 9.13 Å². The molecule has 0 saturated heterocycles. The second-order valence-electron chi connectivity index (χ2n) is 3.68. The zero-order chi connectivity index (χ0) is 12.0. The van der Waals surface area contributed by atoms with E-state index in [-0.39, 0.29) is 5.82 Å². The number of hydrogen-bond donors (Lipinski definition) is 0. The highest BCUT2D eigenvalue weighted by molar-refractivity contribution is 7.96. The van der Waals surface area contributed by atoms with E-state index in [1.54, 1.807) is 6.07 Å². The van der Waals surface area contributed by atoms with Gasteiger partial charge in [0, 0.05) is 0 Å². The lowest BCUT2D eigenvalue weighted by molar-refractivity contribution is 0.324. The highest BCUT2D eigenvalue weighted by Crippen LogP contribution is 2.17. The molecule has 0 N–H and O–H groups in total. The van der Waals surface area contributed by atoms with Crippen molar-refractivity contribution >= 4 is 10.9 Å². The van der Waals surface area contributed by atoms with E-state index in [1.165, 1.54) is 17.6 Å². The first-order chi connectivity index (χ1) is 7.67. The van der Waals surface area contributed by atoms with Crippen molar-refractivity contribution in [2.24, 2.45) is 0 Å². The van der Waals surface area contributed by atoms with Gasteiger partial charge in [0.15, 0.2) is 11.6 Å². The molecule has 0 fully saturated rings. The molecule has 0 radical (unpaired) electrons. The van der Waals surface area contributed by atoms with Gasteiger partial charge in [0.2, 0.25) is 0 Å². The van der Waals surface area contributed by atoms with E-state index in [0.29, 0.717) is 23.3 Å². The van der Waals surface area contributed by atoms with Crippen LogP contribution in [0.2, 0.25) is 0 Å². The summed E-state index contributed by atoms with van der Waals surface area (Å²) in [6.45, 7) is 6.88.